The highest BCUT2D eigenvalue weighted by Gasteiger charge is 2.14. The van der Waals surface area contributed by atoms with Crippen LogP contribution in [0.1, 0.15) is 0 Å². The third kappa shape index (κ3) is 3.94. The van der Waals surface area contributed by atoms with E-state index < -0.39 is 0 Å². The smallest absolute Gasteiger partial charge is 0.0965 e. The van der Waals surface area contributed by atoms with Crippen LogP contribution in [0.4, 0.5) is 17.1 Å². The molecule has 0 fully saturated rings. The van der Waals surface area contributed by atoms with E-state index in [1.54, 1.807) is 12.4 Å². The molecule has 0 aliphatic heterocycles. The van der Waals surface area contributed by atoms with Gasteiger partial charge in [0.25, 0.3) is 0 Å². The molecule has 0 saturated carbocycles. The summed E-state index contributed by atoms with van der Waals surface area (Å²) in [4.78, 5) is 11.5. The van der Waals surface area contributed by atoms with E-state index in [2.05, 4.69) is 99.8 Å². The molecular formula is C28H21N3. The Morgan fingerprint density at radius 3 is 1.26 bits per heavy atom. The van der Waals surface area contributed by atoms with Gasteiger partial charge in [-0.1, -0.05) is 78.9 Å². The Labute approximate surface area is 182 Å². The number of hydrogen-bond acceptors (Lipinski definition) is 3. The molecule has 4 aromatic carbocycles. The van der Waals surface area contributed by atoms with Crippen LogP contribution in [0.5, 0.6) is 0 Å². The van der Waals surface area contributed by atoms with Crippen molar-refractivity contribution in [1.82, 2.24) is 9.97 Å². The maximum absolute atomic E-state index is 4.64. The summed E-state index contributed by atoms with van der Waals surface area (Å²) < 4.78 is 0. The van der Waals surface area contributed by atoms with Gasteiger partial charge < -0.3 is 4.90 Å². The molecule has 5 aromatic rings. The lowest BCUT2D eigenvalue weighted by molar-refractivity contribution is 1.21. The third-order valence-corrected chi connectivity index (χ3v) is 5.17. The molecule has 0 unspecified atom stereocenters. The summed E-state index contributed by atoms with van der Waals surface area (Å²) in [5, 5.41) is 0. The Morgan fingerprint density at radius 1 is 0.387 bits per heavy atom. The van der Waals surface area contributed by atoms with Crippen LogP contribution in [-0.2, 0) is 0 Å². The Bertz CT molecular complexity index is 1210. The highest BCUT2D eigenvalue weighted by molar-refractivity contribution is 5.81. The molecule has 3 nitrogen and oxygen atoms in total. The van der Waals surface area contributed by atoms with Gasteiger partial charge in [-0.25, -0.2) is 0 Å². The van der Waals surface area contributed by atoms with Crippen molar-refractivity contribution in [2.45, 2.75) is 0 Å². The lowest BCUT2D eigenvalue weighted by atomic mass is 10.0. The average molecular weight is 399 g/mol. The van der Waals surface area contributed by atoms with Gasteiger partial charge in [-0.15, -0.1) is 0 Å². The highest BCUT2D eigenvalue weighted by atomic mass is 15.1. The summed E-state index contributed by atoms with van der Waals surface area (Å²) in [5.74, 6) is 0. The lowest BCUT2D eigenvalue weighted by Gasteiger charge is -2.25. The SMILES string of the molecule is c1ccc(-c2nccnc2-c2ccc(N(c3ccccc3)c3ccccc3)cc2)cc1. The lowest BCUT2D eigenvalue weighted by Crippen LogP contribution is -2.09. The first-order valence-electron chi connectivity index (χ1n) is 10.3. The van der Waals surface area contributed by atoms with E-state index in [-0.39, 0.29) is 0 Å². The first-order valence-corrected chi connectivity index (χ1v) is 10.3. The summed E-state index contributed by atoms with van der Waals surface area (Å²) in [7, 11) is 0. The Kier molecular flexibility index (Phi) is 5.23. The van der Waals surface area contributed by atoms with E-state index >= 15 is 0 Å². The molecule has 1 heterocycles. The van der Waals surface area contributed by atoms with Crippen molar-refractivity contribution < 1.29 is 0 Å². The van der Waals surface area contributed by atoms with Gasteiger partial charge in [-0.2, -0.15) is 0 Å². The van der Waals surface area contributed by atoms with Gasteiger partial charge in [0.05, 0.1) is 11.4 Å². The predicted octanol–water partition coefficient (Wildman–Crippen LogP) is 7.28. The van der Waals surface area contributed by atoms with Crippen molar-refractivity contribution in [2.24, 2.45) is 0 Å². The molecule has 0 aliphatic carbocycles. The summed E-state index contributed by atoms with van der Waals surface area (Å²) in [6.07, 6.45) is 3.49. The molecule has 3 heteroatoms. The summed E-state index contributed by atoms with van der Waals surface area (Å²) >= 11 is 0. The number of aromatic nitrogens is 2. The van der Waals surface area contributed by atoms with E-state index in [1.165, 1.54) is 0 Å². The van der Waals surface area contributed by atoms with Crippen molar-refractivity contribution in [2.75, 3.05) is 4.90 Å². The first kappa shape index (κ1) is 18.8. The second-order valence-corrected chi connectivity index (χ2v) is 7.17. The van der Waals surface area contributed by atoms with E-state index in [1.807, 2.05) is 30.3 Å². The fourth-order valence-corrected chi connectivity index (χ4v) is 3.73. The fraction of sp³-hybridized carbons (Fsp3) is 0. The van der Waals surface area contributed by atoms with E-state index in [0.717, 1.165) is 39.6 Å². The maximum atomic E-state index is 4.64. The van der Waals surface area contributed by atoms with Gasteiger partial charge in [0, 0.05) is 40.6 Å². The zero-order valence-electron chi connectivity index (χ0n) is 17.0. The number of anilines is 3. The molecule has 5 rings (SSSR count). The van der Waals surface area contributed by atoms with Crippen LogP contribution in [0.2, 0.25) is 0 Å². The van der Waals surface area contributed by atoms with Crippen LogP contribution in [0.25, 0.3) is 22.5 Å². The van der Waals surface area contributed by atoms with Gasteiger partial charge in [0.1, 0.15) is 0 Å². The predicted molar refractivity (Wildman–Crippen MR) is 128 cm³/mol. The highest BCUT2D eigenvalue weighted by Crippen LogP contribution is 2.36. The summed E-state index contributed by atoms with van der Waals surface area (Å²) in [5.41, 5.74) is 7.19. The minimum atomic E-state index is 0.881. The Morgan fingerprint density at radius 2 is 0.774 bits per heavy atom. The van der Waals surface area contributed by atoms with Crippen molar-refractivity contribution in [3.8, 4) is 22.5 Å². The van der Waals surface area contributed by atoms with Crippen LogP contribution in [-0.4, -0.2) is 9.97 Å². The minimum Gasteiger partial charge on any atom is -0.311 e. The Hall–Kier alpha value is -4.24. The van der Waals surface area contributed by atoms with Crippen LogP contribution in [0.15, 0.2) is 128 Å². The van der Waals surface area contributed by atoms with Crippen LogP contribution < -0.4 is 4.90 Å². The molecule has 0 bridgehead atoms. The van der Waals surface area contributed by atoms with E-state index in [9.17, 15) is 0 Å². The molecule has 1 aromatic heterocycles. The first-order chi connectivity index (χ1) is 15.4. The molecule has 0 amide bonds. The molecular weight excluding hydrogens is 378 g/mol. The second-order valence-electron chi connectivity index (χ2n) is 7.17. The maximum Gasteiger partial charge on any atom is 0.0965 e. The molecule has 0 spiro atoms. The zero-order valence-corrected chi connectivity index (χ0v) is 17.0. The molecule has 0 atom stereocenters. The Balaban J connectivity index is 1.56. The zero-order chi connectivity index (χ0) is 20.9. The normalized spacial score (nSPS) is 10.6. The van der Waals surface area contributed by atoms with Crippen LogP contribution in [0, 0.1) is 0 Å². The molecule has 148 valence electrons. The van der Waals surface area contributed by atoms with Gasteiger partial charge in [-0.05, 0) is 36.4 Å². The molecule has 0 radical (unpaired) electrons. The van der Waals surface area contributed by atoms with Crippen molar-refractivity contribution in [3.05, 3.63) is 128 Å². The van der Waals surface area contributed by atoms with Crippen LogP contribution in [0.3, 0.4) is 0 Å². The van der Waals surface area contributed by atoms with Gasteiger partial charge >= 0.3 is 0 Å². The monoisotopic (exact) mass is 399 g/mol. The van der Waals surface area contributed by atoms with E-state index in [4.69, 9.17) is 0 Å². The summed E-state index contributed by atoms with van der Waals surface area (Å²) in [6, 6.07) is 39.5. The second kappa shape index (κ2) is 8.64. The fourth-order valence-electron chi connectivity index (χ4n) is 3.73. The summed E-state index contributed by atoms with van der Waals surface area (Å²) in [6.45, 7) is 0. The number of para-hydroxylation sites is 2. The quantitative estimate of drug-likeness (QED) is 0.311. The topological polar surface area (TPSA) is 29.0 Å². The van der Waals surface area contributed by atoms with Crippen molar-refractivity contribution >= 4 is 17.1 Å². The standard InChI is InChI=1S/C28H21N3/c1-4-10-22(11-5-1)27-28(30-21-20-29-27)23-16-18-26(19-17-23)31(24-12-6-2-7-13-24)25-14-8-3-9-15-25/h1-21H. The van der Waals surface area contributed by atoms with Crippen molar-refractivity contribution in [3.63, 3.8) is 0 Å². The van der Waals surface area contributed by atoms with E-state index in [0.29, 0.717) is 0 Å². The minimum absolute atomic E-state index is 0.881. The number of nitrogens with zero attached hydrogens (tertiary/aromatic N) is 3. The van der Waals surface area contributed by atoms with Crippen LogP contribution >= 0.6 is 0 Å². The molecule has 0 saturated heterocycles. The van der Waals surface area contributed by atoms with Gasteiger partial charge in [-0.3, -0.25) is 9.97 Å². The number of hydrogen-bond donors (Lipinski definition) is 0. The largest absolute Gasteiger partial charge is 0.311 e. The molecule has 0 aliphatic rings. The van der Waals surface area contributed by atoms with Gasteiger partial charge in [0.2, 0.25) is 0 Å². The van der Waals surface area contributed by atoms with Gasteiger partial charge in [0.15, 0.2) is 0 Å². The number of rotatable bonds is 5. The van der Waals surface area contributed by atoms with Crippen molar-refractivity contribution in [1.29, 1.82) is 0 Å². The average Bonchev–Trinajstić information content (AvgIpc) is 2.87. The number of benzene rings is 4. The molecule has 0 N–H and O–H groups in total. The third-order valence-electron chi connectivity index (χ3n) is 5.17. The molecule has 31 heavy (non-hydrogen) atoms.